The van der Waals surface area contributed by atoms with Crippen LogP contribution in [-0.4, -0.2) is 23.4 Å². The van der Waals surface area contributed by atoms with Crippen molar-refractivity contribution in [3.8, 4) is 0 Å². The third-order valence-corrected chi connectivity index (χ3v) is 3.11. The van der Waals surface area contributed by atoms with E-state index in [9.17, 15) is 4.79 Å². The molecule has 1 aliphatic heterocycles. The zero-order chi connectivity index (χ0) is 10.7. The van der Waals surface area contributed by atoms with Crippen LogP contribution in [0.25, 0.3) is 0 Å². The summed E-state index contributed by atoms with van der Waals surface area (Å²) in [6.45, 7) is 3.00. The number of rotatable bonds is 3. The zero-order valence-electron chi connectivity index (χ0n) is 9.15. The Labute approximate surface area is 90.9 Å². The van der Waals surface area contributed by atoms with Gasteiger partial charge in [-0.3, -0.25) is 4.79 Å². The van der Waals surface area contributed by atoms with Crippen molar-refractivity contribution in [2.45, 2.75) is 32.2 Å². The summed E-state index contributed by atoms with van der Waals surface area (Å²) in [4.78, 5) is 13.5. The highest BCUT2D eigenvalue weighted by Crippen LogP contribution is 2.18. The third-order valence-electron chi connectivity index (χ3n) is 3.11. The van der Waals surface area contributed by atoms with Gasteiger partial charge in [-0.05, 0) is 25.3 Å². The van der Waals surface area contributed by atoms with Gasteiger partial charge in [0.15, 0.2) is 0 Å². The predicted molar refractivity (Wildman–Crippen MR) is 60.6 cm³/mol. The summed E-state index contributed by atoms with van der Waals surface area (Å²) in [6.07, 6.45) is 2.72. The molecule has 80 valence electrons. The summed E-state index contributed by atoms with van der Waals surface area (Å²) < 4.78 is 0. The molecule has 1 fully saturated rings. The van der Waals surface area contributed by atoms with Gasteiger partial charge in [-0.1, -0.05) is 30.3 Å². The van der Waals surface area contributed by atoms with E-state index < -0.39 is 0 Å². The molecule has 1 amide bonds. The van der Waals surface area contributed by atoms with Gasteiger partial charge in [-0.15, -0.1) is 0 Å². The lowest BCUT2D eigenvalue weighted by molar-refractivity contribution is -0.128. The van der Waals surface area contributed by atoms with Crippen molar-refractivity contribution in [1.29, 1.82) is 0 Å². The van der Waals surface area contributed by atoms with E-state index in [-0.39, 0.29) is 0 Å². The Morgan fingerprint density at radius 2 is 2.07 bits per heavy atom. The van der Waals surface area contributed by atoms with E-state index >= 15 is 0 Å². The lowest BCUT2D eigenvalue weighted by Gasteiger charge is -2.21. The molecule has 1 heterocycles. The van der Waals surface area contributed by atoms with Gasteiger partial charge in [0.25, 0.3) is 0 Å². The van der Waals surface area contributed by atoms with Gasteiger partial charge in [-0.25, -0.2) is 0 Å². The Hall–Kier alpha value is -1.31. The summed E-state index contributed by atoms with van der Waals surface area (Å²) >= 11 is 0. The van der Waals surface area contributed by atoms with E-state index in [1.165, 1.54) is 5.56 Å². The number of amides is 1. The average Bonchev–Trinajstić information content (AvgIpc) is 2.58. The lowest BCUT2D eigenvalue weighted by Crippen LogP contribution is -2.32. The van der Waals surface area contributed by atoms with Crippen molar-refractivity contribution >= 4 is 5.91 Å². The molecule has 2 nitrogen and oxygen atoms in total. The number of hydrogen-bond donors (Lipinski definition) is 0. The van der Waals surface area contributed by atoms with Crippen LogP contribution in [0.1, 0.15) is 25.3 Å². The maximum Gasteiger partial charge on any atom is 0.222 e. The zero-order valence-corrected chi connectivity index (χ0v) is 9.15. The molecule has 0 aliphatic carbocycles. The van der Waals surface area contributed by atoms with Crippen LogP contribution in [0.4, 0.5) is 0 Å². The topological polar surface area (TPSA) is 20.3 Å². The van der Waals surface area contributed by atoms with Crippen LogP contribution in [0.3, 0.4) is 0 Å². The molecule has 1 aromatic rings. The van der Waals surface area contributed by atoms with Crippen molar-refractivity contribution in [2.24, 2.45) is 0 Å². The smallest absolute Gasteiger partial charge is 0.222 e. The van der Waals surface area contributed by atoms with Crippen molar-refractivity contribution in [2.75, 3.05) is 6.54 Å². The molecule has 0 bridgehead atoms. The first-order chi connectivity index (χ1) is 7.27. The summed E-state index contributed by atoms with van der Waals surface area (Å²) in [5.41, 5.74) is 1.31. The highest BCUT2D eigenvalue weighted by molar-refractivity contribution is 5.78. The van der Waals surface area contributed by atoms with Crippen LogP contribution < -0.4 is 0 Å². The summed E-state index contributed by atoms with van der Waals surface area (Å²) in [5, 5.41) is 0. The van der Waals surface area contributed by atoms with Gasteiger partial charge >= 0.3 is 0 Å². The fourth-order valence-corrected chi connectivity index (χ4v) is 2.12. The molecule has 1 aliphatic rings. The minimum absolute atomic E-state index is 0.318. The number of nitrogens with zero attached hydrogens (tertiary/aromatic N) is 1. The van der Waals surface area contributed by atoms with Crippen molar-refractivity contribution in [3.05, 3.63) is 35.9 Å². The molecule has 0 N–H and O–H groups in total. The molecular weight excluding hydrogens is 186 g/mol. The van der Waals surface area contributed by atoms with E-state index in [1.807, 2.05) is 23.1 Å². The third kappa shape index (κ3) is 2.38. The van der Waals surface area contributed by atoms with E-state index in [0.29, 0.717) is 11.9 Å². The Balaban J connectivity index is 1.91. The normalized spacial score (nSPS) is 21.0. The molecule has 0 aromatic heterocycles. The van der Waals surface area contributed by atoms with E-state index in [4.69, 9.17) is 0 Å². The largest absolute Gasteiger partial charge is 0.340 e. The lowest BCUT2D eigenvalue weighted by atomic mass is 10.1. The Bertz CT molecular complexity index is 334. The van der Waals surface area contributed by atoms with E-state index in [1.54, 1.807) is 0 Å². The van der Waals surface area contributed by atoms with E-state index in [0.717, 1.165) is 25.8 Å². The monoisotopic (exact) mass is 203 g/mol. The first-order valence-electron chi connectivity index (χ1n) is 5.61. The highest BCUT2D eigenvalue weighted by Gasteiger charge is 2.26. The number of likely N-dealkylation sites (tertiary alicyclic amines) is 1. The molecule has 1 atom stereocenters. The van der Waals surface area contributed by atoms with Crippen LogP contribution in [-0.2, 0) is 11.2 Å². The maximum atomic E-state index is 11.5. The van der Waals surface area contributed by atoms with Gasteiger partial charge in [0.2, 0.25) is 5.91 Å². The van der Waals surface area contributed by atoms with Gasteiger partial charge in [0.1, 0.15) is 0 Å². The molecule has 2 heteroatoms. The second-order valence-corrected chi connectivity index (χ2v) is 4.21. The van der Waals surface area contributed by atoms with Crippen LogP contribution >= 0.6 is 0 Å². The van der Waals surface area contributed by atoms with Crippen molar-refractivity contribution < 1.29 is 4.79 Å². The van der Waals surface area contributed by atoms with Crippen LogP contribution in [0.2, 0.25) is 0 Å². The molecule has 0 spiro atoms. The first kappa shape index (κ1) is 10.2. The molecule has 1 unspecified atom stereocenters. The quantitative estimate of drug-likeness (QED) is 0.737. The van der Waals surface area contributed by atoms with Crippen LogP contribution in [0, 0.1) is 0 Å². The van der Waals surface area contributed by atoms with Crippen molar-refractivity contribution in [3.63, 3.8) is 0 Å². The van der Waals surface area contributed by atoms with Gasteiger partial charge in [0.05, 0.1) is 0 Å². The summed E-state index contributed by atoms with van der Waals surface area (Å²) in [6, 6.07) is 10.8. The number of benzene rings is 1. The molecular formula is C13H17NO. The Kier molecular flexibility index (Phi) is 3.05. The molecule has 2 rings (SSSR count). The second kappa shape index (κ2) is 4.47. The predicted octanol–water partition coefficient (Wildman–Crippen LogP) is 2.24. The van der Waals surface area contributed by atoms with Crippen LogP contribution in [0.15, 0.2) is 30.3 Å². The summed E-state index contributed by atoms with van der Waals surface area (Å²) in [5.74, 6) is 0.318. The molecule has 0 saturated carbocycles. The van der Waals surface area contributed by atoms with Gasteiger partial charge < -0.3 is 4.90 Å². The first-order valence-corrected chi connectivity index (χ1v) is 5.61. The van der Waals surface area contributed by atoms with Crippen LogP contribution in [0.5, 0.6) is 0 Å². The second-order valence-electron chi connectivity index (χ2n) is 4.21. The number of carbonyl (C=O) groups is 1. The van der Waals surface area contributed by atoms with Crippen molar-refractivity contribution in [1.82, 2.24) is 4.90 Å². The molecule has 0 radical (unpaired) electrons. The minimum Gasteiger partial charge on any atom is -0.340 e. The fourth-order valence-electron chi connectivity index (χ4n) is 2.12. The fraction of sp³-hybridized carbons (Fsp3) is 0.462. The number of hydrogen-bond acceptors (Lipinski definition) is 1. The standard InChI is InChI=1S/C13H17NO/c1-11-7-8-13(15)14(11)10-9-12-5-3-2-4-6-12/h2-6,11H,7-10H2,1H3. The average molecular weight is 203 g/mol. The molecule has 1 saturated heterocycles. The van der Waals surface area contributed by atoms with Gasteiger partial charge in [-0.2, -0.15) is 0 Å². The molecule has 15 heavy (non-hydrogen) atoms. The van der Waals surface area contributed by atoms with Gasteiger partial charge in [0, 0.05) is 19.0 Å². The number of carbonyl (C=O) groups excluding carboxylic acids is 1. The Morgan fingerprint density at radius 1 is 1.33 bits per heavy atom. The highest BCUT2D eigenvalue weighted by atomic mass is 16.2. The SMILES string of the molecule is CC1CCC(=O)N1CCc1ccccc1. The maximum absolute atomic E-state index is 11.5. The molecule has 1 aromatic carbocycles. The summed E-state index contributed by atoms with van der Waals surface area (Å²) in [7, 11) is 0. The minimum atomic E-state index is 0.318. The Morgan fingerprint density at radius 3 is 2.67 bits per heavy atom. The van der Waals surface area contributed by atoms with E-state index in [2.05, 4.69) is 19.1 Å².